The van der Waals surface area contributed by atoms with Crippen LogP contribution in [0.5, 0.6) is 11.5 Å². The Balaban J connectivity index is 2.07. The Hall–Kier alpha value is -3.75. The van der Waals surface area contributed by atoms with Crippen LogP contribution in [0.3, 0.4) is 0 Å². The fourth-order valence-electron chi connectivity index (χ4n) is 3.99. The van der Waals surface area contributed by atoms with E-state index in [4.69, 9.17) is 15.2 Å². The lowest BCUT2D eigenvalue weighted by Crippen LogP contribution is -2.20. The molecule has 0 radical (unpaired) electrons. The van der Waals surface area contributed by atoms with Crippen molar-refractivity contribution in [2.45, 2.75) is 39.7 Å². The molecule has 3 rings (SSSR count). The van der Waals surface area contributed by atoms with E-state index in [-0.39, 0.29) is 29.3 Å². The molecule has 35 heavy (non-hydrogen) atoms. The van der Waals surface area contributed by atoms with E-state index in [1.54, 1.807) is 23.9 Å². The highest BCUT2D eigenvalue weighted by atomic mass is 16.5. The number of fused-ring (bicyclic) bond motifs is 1. The summed E-state index contributed by atoms with van der Waals surface area (Å²) in [6.45, 7) is 8.49. The first-order chi connectivity index (χ1) is 16.4. The fraction of sp³-hybridized carbons (Fsp3) is 0.423. The normalized spacial score (nSPS) is 11.4. The highest BCUT2D eigenvalue weighted by molar-refractivity contribution is 6.01. The number of nitrogens with zero attached hydrogens (tertiary/aromatic N) is 3. The summed E-state index contributed by atoms with van der Waals surface area (Å²) in [5.74, 6) is 0.939. The predicted molar refractivity (Wildman–Crippen MR) is 139 cm³/mol. The zero-order valence-corrected chi connectivity index (χ0v) is 21.8. The average molecular weight is 482 g/mol. The third-order valence-electron chi connectivity index (χ3n) is 5.81. The topological polar surface area (TPSA) is 112 Å². The summed E-state index contributed by atoms with van der Waals surface area (Å²) in [4.78, 5) is 32.1. The Bertz CT molecular complexity index is 1270. The number of amides is 1. The summed E-state index contributed by atoms with van der Waals surface area (Å²) in [5.41, 5.74) is 9.06. The molecule has 0 fully saturated rings. The van der Waals surface area contributed by atoms with Crippen LogP contribution >= 0.6 is 0 Å². The van der Waals surface area contributed by atoms with E-state index in [0.29, 0.717) is 34.6 Å². The third kappa shape index (κ3) is 5.03. The Morgan fingerprint density at radius 3 is 2.43 bits per heavy atom. The number of nitrogen functional groups attached to an aromatic ring is 1. The quantitative estimate of drug-likeness (QED) is 0.473. The zero-order valence-electron chi connectivity index (χ0n) is 21.8. The fourth-order valence-corrected chi connectivity index (χ4v) is 3.99. The molecule has 0 unspecified atom stereocenters. The van der Waals surface area contributed by atoms with Gasteiger partial charge in [0.15, 0.2) is 17.2 Å². The van der Waals surface area contributed by atoms with Crippen LogP contribution < -0.4 is 25.4 Å². The number of hydrogen-bond donors (Lipinski definition) is 2. The molecule has 0 saturated carbocycles. The lowest BCUT2D eigenvalue weighted by molar-refractivity contribution is 0.0951. The standard InChI is InChI=1S/C26H35N5O4/c1-9-35-20-12-16-13-31(24(27)21(16)29-22(20)25(33)28-5)14-19(32)15-10-17(26(2,3)4)23(34-8)18(11-15)30(6)7/h10-13H,9,14,27H2,1-8H3,(H,28,33). The number of nitrogens with one attached hydrogen (secondary N) is 1. The summed E-state index contributed by atoms with van der Waals surface area (Å²) in [5, 5.41) is 3.25. The highest BCUT2D eigenvalue weighted by Gasteiger charge is 2.25. The van der Waals surface area contributed by atoms with Crippen molar-refractivity contribution in [3.8, 4) is 11.5 Å². The molecule has 0 saturated heterocycles. The van der Waals surface area contributed by atoms with Gasteiger partial charge in [-0.2, -0.15) is 0 Å². The second-order valence-corrected chi connectivity index (χ2v) is 9.57. The van der Waals surface area contributed by atoms with Crippen LogP contribution in [0.2, 0.25) is 0 Å². The van der Waals surface area contributed by atoms with E-state index in [0.717, 1.165) is 17.0 Å². The number of methoxy groups -OCH3 is 1. The van der Waals surface area contributed by atoms with Crippen LogP contribution in [-0.4, -0.2) is 56.1 Å². The zero-order chi connectivity index (χ0) is 26.1. The van der Waals surface area contributed by atoms with Gasteiger partial charge in [0, 0.05) is 43.9 Å². The maximum absolute atomic E-state index is 13.4. The van der Waals surface area contributed by atoms with Crippen molar-refractivity contribution < 1.29 is 19.1 Å². The molecule has 0 aliphatic rings. The number of ketones is 1. The minimum Gasteiger partial charge on any atom is -0.494 e. The van der Waals surface area contributed by atoms with Crippen molar-refractivity contribution in [1.29, 1.82) is 0 Å². The molecule has 0 spiro atoms. The number of benzene rings is 1. The van der Waals surface area contributed by atoms with E-state index >= 15 is 0 Å². The van der Waals surface area contributed by atoms with E-state index < -0.39 is 0 Å². The van der Waals surface area contributed by atoms with Crippen LogP contribution in [0.15, 0.2) is 24.4 Å². The van der Waals surface area contributed by atoms with Crippen molar-refractivity contribution in [2.24, 2.45) is 0 Å². The smallest absolute Gasteiger partial charge is 0.273 e. The number of ether oxygens (including phenoxy) is 2. The SMILES string of the molecule is CCOc1cc2cn(CC(=O)c3cc(N(C)C)c(OC)c(C(C)(C)C)c3)c(N)c2nc1C(=O)NC. The van der Waals surface area contributed by atoms with E-state index in [1.807, 2.05) is 38.1 Å². The van der Waals surface area contributed by atoms with Gasteiger partial charge in [0.1, 0.15) is 17.1 Å². The van der Waals surface area contributed by atoms with Gasteiger partial charge in [-0.1, -0.05) is 20.8 Å². The first-order valence-corrected chi connectivity index (χ1v) is 11.5. The average Bonchev–Trinajstić information content (AvgIpc) is 3.10. The lowest BCUT2D eigenvalue weighted by atomic mass is 9.84. The van der Waals surface area contributed by atoms with Gasteiger partial charge in [-0.15, -0.1) is 0 Å². The van der Waals surface area contributed by atoms with Gasteiger partial charge in [-0.05, 0) is 30.5 Å². The van der Waals surface area contributed by atoms with Crippen molar-refractivity contribution in [3.05, 3.63) is 41.2 Å². The minimum atomic E-state index is -0.372. The number of nitrogens with two attached hydrogens (primary N) is 1. The van der Waals surface area contributed by atoms with Crippen LogP contribution in [-0.2, 0) is 12.0 Å². The Kier molecular flexibility index (Phi) is 7.28. The molecule has 188 valence electrons. The molecular weight excluding hydrogens is 446 g/mol. The molecular formula is C26H35N5O4. The summed E-state index contributed by atoms with van der Waals surface area (Å²) in [7, 11) is 7.00. The first-order valence-electron chi connectivity index (χ1n) is 11.5. The molecule has 3 N–H and O–H groups in total. The maximum atomic E-state index is 13.4. The number of anilines is 2. The van der Waals surface area contributed by atoms with E-state index in [2.05, 4.69) is 31.1 Å². The van der Waals surface area contributed by atoms with E-state index in [1.165, 1.54) is 7.05 Å². The molecule has 0 atom stereocenters. The Morgan fingerprint density at radius 1 is 1.20 bits per heavy atom. The van der Waals surface area contributed by atoms with Gasteiger partial charge in [0.2, 0.25) is 0 Å². The van der Waals surface area contributed by atoms with Crippen molar-refractivity contribution in [3.63, 3.8) is 0 Å². The number of aromatic nitrogens is 2. The number of hydrogen-bond acceptors (Lipinski definition) is 7. The first kappa shape index (κ1) is 25.9. The van der Waals surface area contributed by atoms with Crippen LogP contribution in [0.1, 0.15) is 54.1 Å². The van der Waals surface area contributed by atoms with Crippen molar-refractivity contribution in [2.75, 3.05) is 45.5 Å². The number of rotatable bonds is 8. The van der Waals surface area contributed by atoms with Gasteiger partial charge < -0.3 is 30.0 Å². The summed E-state index contributed by atoms with van der Waals surface area (Å²) < 4.78 is 13.0. The Labute approximate surface area is 206 Å². The summed E-state index contributed by atoms with van der Waals surface area (Å²) in [6.07, 6.45) is 1.76. The largest absolute Gasteiger partial charge is 0.494 e. The van der Waals surface area contributed by atoms with Gasteiger partial charge in [0.25, 0.3) is 5.91 Å². The predicted octanol–water partition coefficient (Wildman–Crippen LogP) is 3.63. The second-order valence-electron chi connectivity index (χ2n) is 9.57. The van der Waals surface area contributed by atoms with Gasteiger partial charge in [-0.3, -0.25) is 9.59 Å². The molecule has 0 aliphatic heterocycles. The number of Topliss-reactive ketones (excluding diaryl/α,β-unsaturated/α-hetero) is 1. The molecule has 0 bridgehead atoms. The lowest BCUT2D eigenvalue weighted by Gasteiger charge is -2.27. The second kappa shape index (κ2) is 9.85. The molecule has 1 aromatic carbocycles. The molecule has 9 heteroatoms. The van der Waals surface area contributed by atoms with Crippen LogP contribution in [0.4, 0.5) is 11.5 Å². The molecule has 2 aromatic heterocycles. The van der Waals surface area contributed by atoms with Gasteiger partial charge >= 0.3 is 0 Å². The van der Waals surface area contributed by atoms with Crippen molar-refractivity contribution in [1.82, 2.24) is 14.9 Å². The van der Waals surface area contributed by atoms with Crippen molar-refractivity contribution >= 4 is 34.1 Å². The number of carbonyl (C=O) groups excluding carboxylic acids is 2. The number of pyridine rings is 1. The Morgan fingerprint density at radius 2 is 1.89 bits per heavy atom. The molecule has 3 aromatic rings. The van der Waals surface area contributed by atoms with E-state index in [9.17, 15) is 9.59 Å². The van der Waals surface area contributed by atoms with Crippen LogP contribution in [0, 0.1) is 0 Å². The highest BCUT2D eigenvalue weighted by Crippen LogP contribution is 2.39. The van der Waals surface area contributed by atoms with Gasteiger partial charge in [0.05, 0.1) is 25.9 Å². The summed E-state index contributed by atoms with van der Waals surface area (Å²) >= 11 is 0. The molecule has 9 nitrogen and oxygen atoms in total. The maximum Gasteiger partial charge on any atom is 0.273 e. The summed E-state index contributed by atoms with van der Waals surface area (Å²) in [6, 6.07) is 5.45. The van der Waals surface area contributed by atoms with Gasteiger partial charge in [-0.25, -0.2) is 4.98 Å². The minimum absolute atomic E-state index is 0.0181. The van der Waals surface area contributed by atoms with Crippen LogP contribution in [0.25, 0.3) is 10.9 Å². The molecule has 2 heterocycles. The number of carbonyl (C=O) groups is 2. The molecule has 0 aliphatic carbocycles. The molecule has 1 amide bonds. The monoisotopic (exact) mass is 481 g/mol. The third-order valence-corrected chi connectivity index (χ3v) is 5.81.